The Labute approximate surface area is 170 Å². The number of anilines is 1. The summed E-state index contributed by atoms with van der Waals surface area (Å²) >= 11 is 0. The first kappa shape index (κ1) is 20.0. The Morgan fingerprint density at radius 3 is 2.14 bits per heavy atom. The molecule has 5 nitrogen and oxygen atoms in total. The van der Waals surface area contributed by atoms with Gasteiger partial charge < -0.3 is 5.32 Å². The van der Waals surface area contributed by atoms with Crippen molar-refractivity contribution in [2.45, 2.75) is 20.3 Å². The molecule has 0 aromatic heterocycles. The van der Waals surface area contributed by atoms with E-state index in [1.54, 1.807) is 30.3 Å². The zero-order valence-electron chi connectivity index (χ0n) is 16.5. The van der Waals surface area contributed by atoms with E-state index >= 15 is 0 Å². The van der Waals surface area contributed by atoms with E-state index in [1.807, 2.05) is 62.4 Å². The van der Waals surface area contributed by atoms with Gasteiger partial charge in [-0.3, -0.25) is 9.59 Å². The molecule has 0 radical (unpaired) electrons. The second-order valence-electron chi connectivity index (χ2n) is 6.62. The van der Waals surface area contributed by atoms with Gasteiger partial charge in [-0.15, -0.1) is 0 Å². The van der Waals surface area contributed by atoms with Gasteiger partial charge in [0.25, 0.3) is 11.8 Å². The number of nitrogens with zero attached hydrogens (tertiary/aromatic N) is 1. The van der Waals surface area contributed by atoms with Gasteiger partial charge in [-0.1, -0.05) is 55.0 Å². The average Bonchev–Trinajstić information content (AvgIpc) is 2.75. The van der Waals surface area contributed by atoms with Crippen LogP contribution in [0.2, 0.25) is 0 Å². The van der Waals surface area contributed by atoms with Crippen LogP contribution in [0.15, 0.2) is 84.0 Å². The van der Waals surface area contributed by atoms with Crippen molar-refractivity contribution in [2.24, 2.45) is 5.10 Å². The van der Waals surface area contributed by atoms with Crippen LogP contribution in [0, 0.1) is 6.92 Å². The van der Waals surface area contributed by atoms with Crippen molar-refractivity contribution in [3.63, 3.8) is 0 Å². The van der Waals surface area contributed by atoms with Crippen molar-refractivity contribution in [1.29, 1.82) is 0 Å². The lowest BCUT2D eigenvalue weighted by Crippen LogP contribution is -2.20. The molecule has 0 aliphatic rings. The number of carbonyl (C=O) groups excluding carboxylic acids is 2. The molecule has 2 amide bonds. The maximum atomic E-state index is 12.4. The number of nitrogens with one attached hydrogen (secondary N) is 2. The van der Waals surface area contributed by atoms with Crippen molar-refractivity contribution in [3.8, 4) is 0 Å². The lowest BCUT2D eigenvalue weighted by atomic mass is 10.1. The molecule has 3 rings (SSSR count). The van der Waals surface area contributed by atoms with Crippen LogP contribution < -0.4 is 10.7 Å². The van der Waals surface area contributed by atoms with Gasteiger partial charge in [0.1, 0.15) is 0 Å². The fourth-order valence-electron chi connectivity index (χ4n) is 2.86. The van der Waals surface area contributed by atoms with Crippen LogP contribution >= 0.6 is 0 Å². The van der Waals surface area contributed by atoms with E-state index in [-0.39, 0.29) is 11.8 Å². The fourth-order valence-corrected chi connectivity index (χ4v) is 2.86. The summed E-state index contributed by atoms with van der Waals surface area (Å²) in [5.41, 5.74) is 7.08. The predicted octanol–water partition coefficient (Wildman–Crippen LogP) is 4.79. The summed E-state index contributed by atoms with van der Waals surface area (Å²) in [6, 6.07) is 23.8. The Morgan fingerprint density at radius 1 is 0.793 bits per heavy atom. The van der Waals surface area contributed by atoms with E-state index < -0.39 is 0 Å². The smallest absolute Gasteiger partial charge is 0.271 e. The topological polar surface area (TPSA) is 70.6 Å². The fraction of sp³-hybridized carbons (Fsp3) is 0.125. The summed E-state index contributed by atoms with van der Waals surface area (Å²) < 4.78 is 0. The van der Waals surface area contributed by atoms with Crippen LogP contribution in [-0.4, -0.2) is 17.5 Å². The molecule has 5 heteroatoms. The SMILES string of the molecule is CC/C(=N\NC(=O)c1ccc(NC(=O)c2cccc(C)c2)cc1)c1ccccc1. The minimum absolute atomic E-state index is 0.189. The van der Waals surface area contributed by atoms with Crippen molar-refractivity contribution in [2.75, 3.05) is 5.32 Å². The highest BCUT2D eigenvalue weighted by Crippen LogP contribution is 2.13. The third-order valence-corrected chi connectivity index (χ3v) is 4.42. The monoisotopic (exact) mass is 385 g/mol. The Kier molecular flexibility index (Phi) is 6.53. The van der Waals surface area contributed by atoms with Gasteiger partial charge >= 0.3 is 0 Å². The van der Waals surface area contributed by atoms with Gasteiger partial charge in [-0.25, -0.2) is 5.43 Å². The quantitative estimate of drug-likeness (QED) is 0.473. The van der Waals surface area contributed by atoms with Crippen molar-refractivity contribution in [1.82, 2.24) is 5.43 Å². The van der Waals surface area contributed by atoms with Crippen LogP contribution in [0.5, 0.6) is 0 Å². The molecule has 0 fully saturated rings. The molecule has 0 spiro atoms. The summed E-state index contributed by atoms with van der Waals surface area (Å²) in [6.07, 6.45) is 0.703. The molecule has 0 saturated heterocycles. The summed E-state index contributed by atoms with van der Waals surface area (Å²) in [5.74, 6) is -0.491. The molecule has 0 aliphatic heterocycles. The highest BCUT2D eigenvalue weighted by atomic mass is 16.2. The normalized spacial score (nSPS) is 11.0. The number of amides is 2. The summed E-state index contributed by atoms with van der Waals surface area (Å²) in [7, 11) is 0. The molecule has 0 saturated carbocycles. The van der Waals surface area contributed by atoms with Crippen LogP contribution in [0.25, 0.3) is 0 Å². The molecule has 0 aliphatic carbocycles. The van der Waals surface area contributed by atoms with Crippen LogP contribution in [0.3, 0.4) is 0 Å². The number of carbonyl (C=O) groups is 2. The summed E-state index contributed by atoms with van der Waals surface area (Å²) in [5, 5.41) is 7.09. The highest BCUT2D eigenvalue weighted by Gasteiger charge is 2.09. The average molecular weight is 385 g/mol. The van der Waals surface area contributed by atoms with Crippen molar-refractivity contribution < 1.29 is 9.59 Å². The first-order valence-electron chi connectivity index (χ1n) is 9.47. The Balaban J connectivity index is 1.64. The number of hydrogen-bond donors (Lipinski definition) is 2. The zero-order chi connectivity index (χ0) is 20.6. The zero-order valence-corrected chi connectivity index (χ0v) is 16.5. The van der Waals surface area contributed by atoms with E-state index in [9.17, 15) is 9.59 Å². The second kappa shape index (κ2) is 9.46. The number of hydrazone groups is 1. The Bertz CT molecular complexity index is 1030. The minimum Gasteiger partial charge on any atom is -0.322 e. The number of hydrogen-bond acceptors (Lipinski definition) is 3. The molecular formula is C24H23N3O2. The van der Waals surface area contributed by atoms with E-state index in [0.29, 0.717) is 23.2 Å². The Hall–Kier alpha value is -3.73. The number of aryl methyl sites for hydroxylation is 1. The summed E-state index contributed by atoms with van der Waals surface area (Å²) in [4.78, 5) is 24.7. The van der Waals surface area contributed by atoms with Gasteiger partial charge in [0.2, 0.25) is 0 Å². The molecule has 146 valence electrons. The van der Waals surface area contributed by atoms with Gasteiger partial charge in [0.05, 0.1) is 5.71 Å². The van der Waals surface area contributed by atoms with E-state index in [1.165, 1.54) is 0 Å². The molecule has 0 bridgehead atoms. The lowest BCUT2D eigenvalue weighted by Gasteiger charge is -2.08. The largest absolute Gasteiger partial charge is 0.322 e. The molecule has 0 atom stereocenters. The highest BCUT2D eigenvalue weighted by molar-refractivity contribution is 6.05. The van der Waals surface area contributed by atoms with Crippen LogP contribution in [0.4, 0.5) is 5.69 Å². The van der Waals surface area contributed by atoms with Gasteiger partial charge in [0.15, 0.2) is 0 Å². The molecular weight excluding hydrogens is 362 g/mol. The maximum Gasteiger partial charge on any atom is 0.271 e. The van der Waals surface area contributed by atoms with Gasteiger partial charge in [-0.05, 0) is 55.3 Å². The first-order chi connectivity index (χ1) is 14.1. The number of benzene rings is 3. The van der Waals surface area contributed by atoms with Crippen LogP contribution in [-0.2, 0) is 0 Å². The first-order valence-corrected chi connectivity index (χ1v) is 9.47. The van der Waals surface area contributed by atoms with E-state index in [0.717, 1.165) is 16.8 Å². The van der Waals surface area contributed by atoms with Crippen LogP contribution in [0.1, 0.15) is 45.2 Å². The Morgan fingerprint density at radius 2 is 1.48 bits per heavy atom. The minimum atomic E-state index is -0.302. The van der Waals surface area contributed by atoms with Crippen molar-refractivity contribution in [3.05, 3.63) is 101 Å². The second-order valence-corrected chi connectivity index (χ2v) is 6.62. The third kappa shape index (κ3) is 5.39. The molecule has 3 aromatic carbocycles. The maximum absolute atomic E-state index is 12.4. The molecule has 2 N–H and O–H groups in total. The summed E-state index contributed by atoms with van der Waals surface area (Å²) in [6.45, 7) is 3.93. The molecule has 0 heterocycles. The standard InChI is InChI=1S/C24H23N3O2/c1-3-22(18-9-5-4-6-10-18)26-27-24(29)19-12-14-21(15-13-19)25-23(28)20-11-7-8-17(2)16-20/h4-16H,3H2,1-2H3,(H,25,28)(H,27,29)/b26-22+. The lowest BCUT2D eigenvalue weighted by molar-refractivity contribution is 0.0954. The molecule has 0 unspecified atom stereocenters. The molecule has 29 heavy (non-hydrogen) atoms. The number of rotatable bonds is 6. The van der Waals surface area contributed by atoms with E-state index in [2.05, 4.69) is 15.8 Å². The third-order valence-electron chi connectivity index (χ3n) is 4.42. The van der Waals surface area contributed by atoms with Gasteiger partial charge in [0, 0.05) is 16.8 Å². The molecule has 3 aromatic rings. The predicted molar refractivity (Wildman–Crippen MR) is 116 cm³/mol. The van der Waals surface area contributed by atoms with E-state index in [4.69, 9.17) is 0 Å². The van der Waals surface area contributed by atoms with Crippen molar-refractivity contribution >= 4 is 23.2 Å². The van der Waals surface area contributed by atoms with Gasteiger partial charge in [-0.2, -0.15) is 5.10 Å².